The Kier molecular flexibility index (Phi) is 3.06. The first-order chi connectivity index (χ1) is 7.65. The summed E-state index contributed by atoms with van der Waals surface area (Å²) in [5.41, 5.74) is 0.413. The van der Waals surface area contributed by atoms with Crippen molar-refractivity contribution in [1.29, 1.82) is 0 Å². The quantitative estimate of drug-likeness (QED) is 0.879. The molecule has 0 radical (unpaired) electrons. The third-order valence-corrected chi connectivity index (χ3v) is 2.88. The van der Waals surface area contributed by atoms with Crippen molar-refractivity contribution in [2.24, 2.45) is 7.05 Å². The van der Waals surface area contributed by atoms with E-state index >= 15 is 0 Å². The van der Waals surface area contributed by atoms with Gasteiger partial charge in [0.1, 0.15) is 9.99 Å². The number of nitrogens with zero attached hydrogens (tertiary/aromatic N) is 4. The van der Waals surface area contributed by atoms with Crippen LogP contribution in [0.25, 0.3) is 11.0 Å². The molecule has 0 saturated heterocycles. The van der Waals surface area contributed by atoms with E-state index in [0.29, 0.717) is 28.6 Å². The number of aryl methyl sites for hydroxylation is 2. The molecule has 0 amide bonds. The summed E-state index contributed by atoms with van der Waals surface area (Å²) in [6, 6.07) is 0. The highest BCUT2D eigenvalue weighted by Gasteiger charge is 2.12. The van der Waals surface area contributed by atoms with Gasteiger partial charge < -0.3 is 5.11 Å². The fourth-order valence-corrected chi connectivity index (χ4v) is 2.12. The second-order valence-electron chi connectivity index (χ2n) is 3.43. The summed E-state index contributed by atoms with van der Waals surface area (Å²) in [6.45, 7) is 0.512. The van der Waals surface area contributed by atoms with Crippen molar-refractivity contribution in [1.82, 2.24) is 19.3 Å². The highest BCUT2D eigenvalue weighted by molar-refractivity contribution is 9.10. The smallest absolute Gasteiger partial charge is 0.265 e. The Morgan fingerprint density at radius 1 is 1.56 bits per heavy atom. The molecular weight excluding hydrogens is 276 g/mol. The van der Waals surface area contributed by atoms with Crippen molar-refractivity contribution in [3.8, 4) is 0 Å². The van der Waals surface area contributed by atoms with E-state index in [-0.39, 0.29) is 12.2 Å². The molecule has 0 bridgehead atoms. The molecule has 0 aliphatic heterocycles. The van der Waals surface area contributed by atoms with E-state index in [1.807, 2.05) is 0 Å². The standard InChI is InChI=1S/C9H11BrN4O2/c1-13-8-6(7(10)12-13)9(16)14(5-11-8)3-2-4-15/h5,15H,2-4H2,1H3. The molecule has 0 aliphatic rings. The predicted octanol–water partition coefficient (Wildman–Crippen LogP) is 0.275. The van der Waals surface area contributed by atoms with E-state index in [1.165, 1.54) is 10.9 Å². The van der Waals surface area contributed by atoms with E-state index in [4.69, 9.17) is 5.11 Å². The van der Waals surface area contributed by atoms with E-state index in [9.17, 15) is 4.79 Å². The molecule has 2 aromatic rings. The van der Waals surface area contributed by atoms with Crippen molar-refractivity contribution in [2.75, 3.05) is 6.61 Å². The second kappa shape index (κ2) is 4.34. The molecule has 2 aromatic heterocycles. The number of halogens is 1. The first-order valence-corrected chi connectivity index (χ1v) is 5.63. The number of rotatable bonds is 3. The Morgan fingerprint density at radius 3 is 3.00 bits per heavy atom. The highest BCUT2D eigenvalue weighted by atomic mass is 79.9. The monoisotopic (exact) mass is 286 g/mol. The zero-order chi connectivity index (χ0) is 11.7. The van der Waals surface area contributed by atoms with Crippen LogP contribution < -0.4 is 5.56 Å². The summed E-state index contributed by atoms with van der Waals surface area (Å²) in [5, 5.41) is 13.3. The molecule has 0 fully saturated rings. The van der Waals surface area contributed by atoms with Crippen molar-refractivity contribution in [3.05, 3.63) is 21.3 Å². The second-order valence-corrected chi connectivity index (χ2v) is 4.18. The maximum atomic E-state index is 12.0. The van der Waals surface area contributed by atoms with Crippen molar-refractivity contribution >= 4 is 27.0 Å². The largest absolute Gasteiger partial charge is 0.396 e. The van der Waals surface area contributed by atoms with Crippen LogP contribution in [0.4, 0.5) is 0 Å². The Hall–Kier alpha value is -1.21. The average Bonchev–Trinajstić information content (AvgIpc) is 2.54. The minimum absolute atomic E-state index is 0.0543. The lowest BCUT2D eigenvalue weighted by molar-refractivity contribution is 0.279. The van der Waals surface area contributed by atoms with Crippen LogP contribution in [0.2, 0.25) is 0 Å². The van der Waals surface area contributed by atoms with Gasteiger partial charge in [-0.2, -0.15) is 5.10 Å². The summed E-state index contributed by atoms with van der Waals surface area (Å²) in [7, 11) is 1.73. The molecule has 0 aliphatic carbocycles. The minimum atomic E-state index is -0.140. The molecular formula is C9H11BrN4O2. The van der Waals surface area contributed by atoms with Gasteiger partial charge in [0.25, 0.3) is 5.56 Å². The number of aromatic nitrogens is 4. The van der Waals surface area contributed by atoms with Crippen LogP contribution in [0.5, 0.6) is 0 Å². The third-order valence-electron chi connectivity index (χ3n) is 2.33. The Balaban J connectivity index is 2.60. The van der Waals surface area contributed by atoms with Crippen LogP contribution in [-0.2, 0) is 13.6 Å². The number of aliphatic hydroxyl groups excluding tert-OH is 1. The topological polar surface area (TPSA) is 72.9 Å². The van der Waals surface area contributed by atoms with Crippen molar-refractivity contribution in [3.63, 3.8) is 0 Å². The summed E-state index contributed by atoms with van der Waals surface area (Å²) >= 11 is 3.24. The summed E-state index contributed by atoms with van der Waals surface area (Å²) in [4.78, 5) is 16.2. The normalized spacial score (nSPS) is 11.2. The molecule has 86 valence electrons. The molecule has 0 aromatic carbocycles. The van der Waals surface area contributed by atoms with Crippen molar-refractivity contribution in [2.45, 2.75) is 13.0 Å². The van der Waals surface area contributed by atoms with Crippen LogP contribution in [0.15, 0.2) is 15.7 Å². The summed E-state index contributed by atoms with van der Waals surface area (Å²) < 4.78 is 3.53. The van der Waals surface area contributed by atoms with Gasteiger partial charge in [0, 0.05) is 20.2 Å². The highest BCUT2D eigenvalue weighted by Crippen LogP contribution is 2.16. The molecule has 2 rings (SSSR count). The van der Waals surface area contributed by atoms with Crippen LogP contribution in [0.3, 0.4) is 0 Å². The first kappa shape index (κ1) is 11.3. The third kappa shape index (κ3) is 1.76. The predicted molar refractivity (Wildman–Crippen MR) is 62.2 cm³/mol. The fraction of sp³-hybridized carbons (Fsp3) is 0.444. The lowest BCUT2D eigenvalue weighted by Crippen LogP contribution is -2.21. The zero-order valence-electron chi connectivity index (χ0n) is 8.72. The van der Waals surface area contributed by atoms with Gasteiger partial charge in [-0.05, 0) is 22.4 Å². The molecule has 2 heterocycles. The maximum absolute atomic E-state index is 12.0. The lowest BCUT2D eigenvalue weighted by Gasteiger charge is -2.03. The average molecular weight is 287 g/mol. The first-order valence-electron chi connectivity index (χ1n) is 4.83. The van der Waals surface area contributed by atoms with Crippen LogP contribution >= 0.6 is 15.9 Å². The van der Waals surface area contributed by atoms with Crippen LogP contribution in [0.1, 0.15) is 6.42 Å². The number of aliphatic hydroxyl groups is 1. The molecule has 0 atom stereocenters. The van der Waals surface area contributed by atoms with Gasteiger partial charge in [0.15, 0.2) is 5.65 Å². The molecule has 1 N–H and O–H groups in total. The molecule has 16 heavy (non-hydrogen) atoms. The fourth-order valence-electron chi connectivity index (χ4n) is 1.54. The number of fused-ring (bicyclic) bond motifs is 1. The molecule has 7 heteroatoms. The van der Waals surface area contributed by atoms with Gasteiger partial charge in [-0.15, -0.1) is 0 Å². The minimum Gasteiger partial charge on any atom is -0.396 e. The molecule has 0 unspecified atom stereocenters. The Morgan fingerprint density at radius 2 is 2.31 bits per heavy atom. The molecule has 0 spiro atoms. The van der Waals surface area contributed by atoms with Gasteiger partial charge in [0.2, 0.25) is 0 Å². The van der Waals surface area contributed by atoms with Gasteiger partial charge >= 0.3 is 0 Å². The van der Waals surface area contributed by atoms with E-state index < -0.39 is 0 Å². The van der Waals surface area contributed by atoms with E-state index in [2.05, 4.69) is 26.0 Å². The Labute approximate surface area is 99.7 Å². The van der Waals surface area contributed by atoms with Crippen LogP contribution in [0, 0.1) is 0 Å². The number of hydrogen-bond donors (Lipinski definition) is 1. The van der Waals surface area contributed by atoms with Crippen molar-refractivity contribution < 1.29 is 5.11 Å². The van der Waals surface area contributed by atoms with E-state index in [0.717, 1.165) is 0 Å². The van der Waals surface area contributed by atoms with Gasteiger partial charge in [-0.25, -0.2) is 9.67 Å². The maximum Gasteiger partial charge on any atom is 0.265 e. The molecule has 0 saturated carbocycles. The van der Waals surface area contributed by atoms with Gasteiger partial charge in [-0.1, -0.05) is 0 Å². The SMILES string of the molecule is Cn1nc(Br)c2c(=O)n(CCCO)cnc21. The van der Waals surface area contributed by atoms with Crippen LogP contribution in [-0.4, -0.2) is 31.0 Å². The lowest BCUT2D eigenvalue weighted by atomic mass is 10.4. The zero-order valence-corrected chi connectivity index (χ0v) is 10.3. The summed E-state index contributed by atoms with van der Waals surface area (Å²) in [6.07, 6.45) is 2.01. The summed E-state index contributed by atoms with van der Waals surface area (Å²) in [5.74, 6) is 0. The number of hydrogen-bond acceptors (Lipinski definition) is 4. The Bertz CT molecular complexity index is 575. The van der Waals surface area contributed by atoms with Gasteiger partial charge in [-0.3, -0.25) is 9.36 Å². The van der Waals surface area contributed by atoms with Gasteiger partial charge in [0.05, 0.1) is 6.33 Å². The molecule has 6 nitrogen and oxygen atoms in total. The van der Waals surface area contributed by atoms with E-state index in [1.54, 1.807) is 11.7 Å².